The molecule has 2 unspecified atom stereocenters. The summed E-state index contributed by atoms with van der Waals surface area (Å²) < 4.78 is 5.46. The Hall–Kier alpha value is -0.610. The number of ether oxygens (including phenoxy) is 1. The highest BCUT2D eigenvalue weighted by Gasteiger charge is 2.19. The van der Waals surface area contributed by atoms with Crippen molar-refractivity contribution >= 4 is 5.97 Å². The van der Waals surface area contributed by atoms with Crippen molar-refractivity contribution < 1.29 is 14.6 Å². The van der Waals surface area contributed by atoms with Crippen molar-refractivity contribution in [3.8, 4) is 0 Å². The van der Waals surface area contributed by atoms with E-state index >= 15 is 0 Å². The predicted octanol–water partition coefficient (Wildman–Crippen LogP) is 1.64. The second-order valence-corrected chi connectivity index (χ2v) is 4.14. The van der Waals surface area contributed by atoms with Gasteiger partial charge in [-0.2, -0.15) is 0 Å². The van der Waals surface area contributed by atoms with Crippen molar-refractivity contribution in [1.82, 2.24) is 5.32 Å². The highest BCUT2D eigenvalue weighted by molar-refractivity contribution is 5.73. The van der Waals surface area contributed by atoms with E-state index in [0.29, 0.717) is 0 Å². The molecule has 2 N–H and O–H groups in total. The molecule has 2 atom stereocenters. The zero-order valence-electron chi connectivity index (χ0n) is 10.1. The lowest BCUT2D eigenvalue weighted by Crippen LogP contribution is -2.44. The molecule has 0 saturated carbocycles. The Balaban J connectivity index is 3.90. The van der Waals surface area contributed by atoms with E-state index in [2.05, 4.69) is 12.2 Å². The summed E-state index contributed by atoms with van der Waals surface area (Å²) in [6, 6.07) is -0.458. The van der Waals surface area contributed by atoms with Crippen LogP contribution in [-0.4, -0.2) is 35.9 Å². The molecular formula is C11H23NO3. The number of hydrogen-bond acceptors (Lipinski definition) is 3. The third-order valence-electron chi connectivity index (χ3n) is 2.08. The maximum absolute atomic E-state index is 10.9. The minimum atomic E-state index is -0.854. The summed E-state index contributed by atoms with van der Waals surface area (Å²) in [7, 11) is 0. The van der Waals surface area contributed by atoms with Crippen LogP contribution in [0.1, 0.15) is 40.5 Å². The fourth-order valence-corrected chi connectivity index (χ4v) is 1.34. The summed E-state index contributed by atoms with van der Waals surface area (Å²) in [5.74, 6) is -0.854. The molecule has 0 rings (SSSR count). The molecule has 0 saturated heterocycles. The van der Waals surface area contributed by atoms with E-state index in [1.807, 2.05) is 20.8 Å². The molecule has 0 aromatic rings. The number of carboxylic acid groups (broad SMARTS) is 1. The van der Waals surface area contributed by atoms with Gasteiger partial charge in [0, 0.05) is 6.04 Å². The molecule has 0 amide bonds. The lowest BCUT2D eigenvalue weighted by Gasteiger charge is -2.19. The van der Waals surface area contributed by atoms with Crippen molar-refractivity contribution in [1.29, 1.82) is 0 Å². The lowest BCUT2D eigenvalue weighted by molar-refractivity contribution is -0.142. The first-order valence-electron chi connectivity index (χ1n) is 5.57. The zero-order chi connectivity index (χ0) is 11.8. The van der Waals surface area contributed by atoms with Gasteiger partial charge in [0.15, 0.2) is 0 Å². The Morgan fingerprint density at radius 3 is 2.40 bits per heavy atom. The number of rotatable bonds is 8. The summed E-state index contributed by atoms with van der Waals surface area (Å²) in [5.41, 5.74) is 0. The smallest absolute Gasteiger partial charge is 0.323 e. The molecular weight excluding hydrogens is 194 g/mol. The molecule has 4 nitrogen and oxygen atoms in total. The van der Waals surface area contributed by atoms with Crippen LogP contribution in [0.5, 0.6) is 0 Å². The molecule has 90 valence electrons. The number of carboxylic acids is 1. The molecule has 0 aliphatic carbocycles. The molecule has 0 radical (unpaired) electrons. The van der Waals surface area contributed by atoms with Crippen LogP contribution in [0.2, 0.25) is 0 Å². The fourth-order valence-electron chi connectivity index (χ4n) is 1.34. The normalized spacial score (nSPS) is 15.3. The second kappa shape index (κ2) is 7.65. The molecule has 15 heavy (non-hydrogen) atoms. The predicted molar refractivity (Wildman–Crippen MR) is 60.0 cm³/mol. The van der Waals surface area contributed by atoms with Crippen molar-refractivity contribution in [3.05, 3.63) is 0 Å². The van der Waals surface area contributed by atoms with Gasteiger partial charge in [-0.3, -0.25) is 4.79 Å². The lowest BCUT2D eigenvalue weighted by atomic mass is 10.2. The molecule has 0 bridgehead atoms. The number of aliphatic carboxylic acids is 1. The highest BCUT2D eigenvalue weighted by Crippen LogP contribution is 2.02. The first-order valence-corrected chi connectivity index (χ1v) is 5.57. The molecule has 0 spiro atoms. The van der Waals surface area contributed by atoms with Gasteiger partial charge in [-0.05, 0) is 13.3 Å². The molecule has 0 heterocycles. The molecule has 0 aromatic carbocycles. The van der Waals surface area contributed by atoms with Crippen LogP contribution in [-0.2, 0) is 9.53 Å². The number of nitrogens with one attached hydrogen (secondary N) is 1. The van der Waals surface area contributed by atoms with E-state index in [-0.39, 0.29) is 18.8 Å². The summed E-state index contributed by atoms with van der Waals surface area (Å²) in [4.78, 5) is 10.9. The highest BCUT2D eigenvalue weighted by atomic mass is 16.5. The molecule has 0 aromatic heterocycles. The van der Waals surface area contributed by atoms with Gasteiger partial charge >= 0.3 is 5.97 Å². The SMILES string of the molecule is CCCC(C)OCC(NC(C)C)C(=O)O. The second-order valence-electron chi connectivity index (χ2n) is 4.14. The van der Waals surface area contributed by atoms with Crippen molar-refractivity contribution in [3.63, 3.8) is 0 Å². The van der Waals surface area contributed by atoms with Gasteiger partial charge in [-0.15, -0.1) is 0 Å². The van der Waals surface area contributed by atoms with Crippen LogP contribution in [0.25, 0.3) is 0 Å². The van der Waals surface area contributed by atoms with E-state index in [9.17, 15) is 4.79 Å². The minimum Gasteiger partial charge on any atom is -0.480 e. The third-order valence-corrected chi connectivity index (χ3v) is 2.08. The van der Waals surface area contributed by atoms with Crippen LogP contribution in [0.15, 0.2) is 0 Å². The number of hydrogen-bond donors (Lipinski definition) is 2. The molecule has 0 fully saturated rings. The van der Waals surface area contributed by atoms with Gasteiger partial charge in [-0.1, -0.05) is 27.2 Å². The topological polar surface area (TPSA) is 58.6 Å². The van der Waals surface area contributed by atoms with Crippen LogP contribution in [0.4, 0.5) is 0 Å². The summed E-state index contributed by atoms with van der Waals surface area (Å²) >= 11 is 0. The van der Waals surface area contributed by atoms with Gasteiger partial charge in [-0.25, -0.2) is 0 Å². The fraction of sp³-hybridized carbons (Fsp3) is 0.909. The maximum atomic E-state index is 10.9. The first kappa shape index (κ1) is 14.4. The summed E-state index contributed by atoms with van der Waals surface area (Å²) in [6.45, 7) is 8.13. The van der Waals surface area contributed by atoms with E-state index < -0.39 is 12.0 Å². The van der Waals surface area contributed by atoms with Crippen LogP contribution < -0.4 is 5.32 Å². The van der Waals surface area contributed by atoms with Crippen LogP contribution in [0.3, 0.4) is 0 Å². The van der Waals surface area contributed by atoms with Crippen LogP contribution in [0, 0.1) is 0 Å². The average molecular weight is 217 g/mol. The first-order chi connectivity index (χ1) is 6.97. The van der Waals surface area contributed by atoms with Gasteiger partial charge in [0.25, 0.3) is 0 Å². The largest absolute Gasteiger partial charge is 0.480 e. The zero-order valence-corrected chi connectivity index (χ0v) is 10.1. The quantitative estimate of drug-likeness (QED) is 0.649. The Kier molecular flexibility index (Phi) is 7.34. The van der Waals surface area contributed by atoms with Gasteiger partial charge < -0.3 is 15.2 Å². The van der Waals surface area contributed by atoms with Gasteiger partial charge in [0.1, 0.15) is 6.04 Å². The van der Waals surface area contributed by atoms with Crippen molar-refractivity contribution in [2.75, 3.05) is 6.61 Å². The average Bonchev–Trinajstić information content (AvgIpc) is 2.11. The van der Waals surface area contributed by atoms with Crippen molar-refractivity contribution in [2.24, 2.45) is 0 Å². The molecule has 0 aliphatic rings. The standard InChI is InChI=1S/C11H23NO3/c1-5-6-9(4)15-7-10(11(13)14)12-8(2)3/h8-10,12H,5-7H2,1-4H3,(H,13,14). The number of carbonyl (C=O) groups is 1. The summed E-state index contributed by atoms with van der Waals surface area (Å²) in [5, 5.41) is 11.9. The van der Waals surface area contributed by atoms with E-state index in [1.165, 1.54) is 0 Å². The summed E-state index contributed by atoms with van der Waals surface area (Å²) in [6.07, 6.45) is 2.15. The van der Waals surface area contributed by atoms with E-state index in [4.69, 9.17) is 9.84 Å². The minimum absolute atomic E-state index is 0.130. The Bertz CT molecular complexity index is 183. The molecule has 4 heteroatoms. The van der Waals surface area contributed by atoms with E-state index in [0.717, 1.165) is 12.8 Å². The molecule has 0 aliphatic heterocycles. The Morgan fingerprint density at radius 1 is 1.40 bits per heavy atom. The Morgan fingerprint density at radius 2 is 2.00 bits per heavy atom. The van der Waals surface area contributed by atoms with Crippen molar-refractivity contribution in [2.45, 2.75) is 58.7 Å². The monoisotopic (exact) mass is 217 g/mol. The Labute approximate surface area is 92.0 Å². The third kappa shape index (κ3) is 7.33. The maximum Gasteiger partial charge on any atom is 0.323 e. The van der Waals surface area contributed by atoms with Gasteiger partial charge in [0.2, 0.25) is 0 Å². The van der Waals surface area contributed by atoms with E-state index in [1.54, 1.807) is 0 Å². The van der Waals surface area contributed by atoms with Crippen LogP contribution >= 0.6 is 0 Å². The van der Waals surface area contributed by atoms with Gasteiger partial charge in [0.05, 0.1) is 12.7 Å².